The molecule has 0 radical (unpaired) electrons. The van der Waals surface area contributed by atoms with E-state index in [1.807, 2.05) is 13.8 Å². The van der Waals surface area contributed by atoms with Crippen LogP contribution in [0.2, 0.25) is 0 Å². The summed E-state index contributed by atoms with van der Waals surface area (Å²) in [5, 5.41) is 7.67. The first-order chi connectivity index (χ1) is 6.70. The molecule has 5 nitrogen and oxygen atoms in total. The van der Waals surface area contributed by atoms with Gasteiger partial charge in [-0.25, -0.2) is 0 Å². The second-order valence-corrected chi connectivity index (χ2v) is 3.36. The van der Waals surface area contributed by atoms with E-state index in [1.54, 1.807) is 18.5 Å². The number of carbonyl (C=O) groups is 1. The van der Waals surface area contributed by atoms with Crippen LogP contribution in [0.5, 0.6) is 0 Å². The van der Waals surface area contributed by atoms with Crippen LogP contribution in [0.3, 0.4) is 0 Å². The molecule has 0 aliphatic heterocycles. The fourth-order valence-electron chi connectivity index (χ4n) is 1.17. The standard InChI is InChI=1S/C9H10N4O/c1-6(2)9(14)13-8-5-10-4-3-7(8)11-12-13/h3-6H,1-2H3. The van der Waals surface area contributed by atoms with Crippen LogP contribution in [0.15, 0.2) is 18.5 Å². The molecule has 0 N–H and O–H groups in total. The minimum atomic E-state index is -0.0971. The minimum Gasteiger partial charge on any atom is -0.272 e. The van der Waals surface area contributed by atoms with Crippen molar-refractivity contribution < 1.29 is 4.79 Å². The Balaban J connectivity index is 2.58. The zero-order valence-electron chi connectivity index (χ0n) is 8.01. The molecule has 2 aromatic rings. The molecule has 0 aliphatic rings. The summed E-state index contributed by atoms with van der Waals surface area (Å²) in [6.45, 7) is 3.65. The van der Waals surface area contributed by atoms with Crippen LogP contribution in [-0.4, -0.2) is 25.9 Å². The lowest BCUT2D eigenvalue weighted by molar-refractivity contribution is 0.0842. The number of carbonyl (C=O) groups excluding carboxylic acids is 1. The molecule has 0 spiro atoms. The zero-order chi connectivity index (χ0) is 10.1. The van der Waals surface area contributed by atoms with Gasteiger partial charge in [-0.3, -0.25) is 9.78 Å². The highest BCUT2D eigenvalue weighted by Crippen LogP contribution is 2.09. The highest BCUT2D eigenvalue weighted by Gasteiger charge is 2.14. The van der Waals surface area contributed by atoms with Crippen LogP contribution in [0, 0.1) is 5.92 Å². The maximum Gasteiger partial charge on any atom is 0.251 e. The Morgan fingerprint density at radius 2 is 2.29 bits per heavy atom. The third kappa shape index (κ3) is 1.26. The lowest BCUT2D eigenvalue weighted by atomic mass is 10.2. The van der Waals surface area contributed by atoms with Crippen LogP contribution < -0.4 is 0 Å². The molecular formula is C9H10N4O. The van der Waals surface area contributed by atoms with Crippen molar-refractivity contribution in [2.24, 2.45) is 5.92 Å². The van der Waals surface area contributed by atoms with E-state index in [4.69, 9.17) is 0 Å². The van der Waals surface area contributed by atoms with Crippen LogP contribution in [-0.2, 0) is 0 Å². The third-order valence-electron chi connectivity index (χ3n) is 1.95. The Morgan fingerprint density at radius 3 is 3.00 bits per heavy atom. The molecule has 0 atom stereocenters. The molecule has 0 aromatic carbocycles. The summed E-state index contributed by atoms with van der Waals surface area (Å²) in [6.07, 6.45) is 3.22. The van der Waals surface area contributed by atoms with Crippen LogP contribution >= 0.6 is 0 Å². The molecule has 5 heteroatoms. The predicted octanol–water partition coefficient (Wildman–Crippen LogP) is 1.12. The van der Waals surface area contributed by atoms with Crippen LogP contribution in [0.4, 0.5) is 0 Å². The molecule has 0 unspecified atom stereocenters. The van der Waals surface area contributed by atoms with E-state index >= 15 is 0 Å². The summed E-state index contributed by atoms with van der Waals surface area (Å²) in [7, 11) is 0. The quantitative estimate of drug-likeness (QED) is 0.676. The van der Waals surface area contributed by atoms with Crippen molar-refractivity contribution in [2.75, 3.05) is 0 Å². The summed E-state index contributed by atoms with van der Waals surface area (Å²) in [5.74, 6) is -0.166. The number of nitrogens with zero attached hydrogens (tertiary/aromatic N) is 4. The lowest BCUT2D eigenvalue weighted by Crippen LogP contribution is -2.18. The molecule has 72 valence electrons. The van der Waals surface area contributed by atoms with Gasteiger partial charge in [0.15, 0.2) is 0 Å². The number of pyridine rings is 1. The first-order valence-corrected chi connectivity index (χ1v) is 4.40. The molecule has 0 fully saturated rings. The molecule has 2 heterocycles. The van der Waals surface area contributed by atoms with Gasteiger partial charge in [0.1, 0.15) is 11.0 Å². The Bertz CT molecular complexity index is 474. The van der Waals surface area contributed by atoms with Gasteiger partial charge in [0.2, 0.25) is 0 Å². The molecule has 0 amide bonds. The fraction of sp³-hybridized carbons (Fsp3) is 0.333. The van der Waals surface area contributed by atoms with Gasteiger partial charge in [0, 0.05) is 12.1 Å². The Hall–Kier alpha value is -1.78. The molecule has 0 bridgehead atoms. The third-order valence-corrected chi connectivity index (χ3v) is 1.95. The van der Waals surface area contributed by atoms with Crippen molar-refractivity contribution in [3.8, 4) is 0 Å². The summed E-state index contributed by atoms with van der Waals surface area (Å²) >= 11 is 0. The van der Waals surface area contributed by atoms with Crippen molar-refractivity contribution in [3.05, 3.63) is 18.5 Å². The highest BCUT2D eigenvalue weighted by atomic mass is 16.2. The SMILES string of the molecule is CC(C)C(=O)n1nnc2ccncc21. The lowest BCUT2D eigenvalue weighted by Gasteiger charge is -2.02. The van der Waals surface area contributed by atoms with E-state index in [2.05, 4.69) is 15.3 Å². The van der Waals surface area contributed by atoms with Gasteiger partial charge in [-0.2, -0.15) is 4.68 Å². The summed E-state index contributed by atoms with van der Waals surface area (Å²) in [4.78, 5) is 15.6. The van der Waals surface area contributed by atoms with Gasteiger partial charge in [-0.15, -0.1) is 5.10 Å². The topological polar surface area (TPSA) is 60.7 Å². The Kier molecular flexibility index (Phi) is 1.99. The van der Waals surface area contributed by atoms with Gasteiger partial charge < -0.3 is 0 Å². The number of aromatic nitrogens is 4. The van der Waals surface area contributed by atoms with E-state index in [0.29, 0.717) is 11.0 Å². The van der Waals surface area contributed by atoms with Crippen LogP contribution in [0.1, 0.15) is 18.6 Å². The number of hydrogen-bond donors (Lipinski definition) is 0. The van der Waals surface area contributed by atoms with E-state index < -0.39 is 0 Å². The fourth-order valence-corrected chi connectivity index (χ4v) is 1.17. The molecule has 0 saturated carbocycles. The first-order valence-electron chi connectivity index (χ1n) is 4.40. The molecular weight excluding hydrogens is 180 g/mol. The predicted molar refractivity (Wildman–Crippen MR) is 50.8 cm³/mol. The Labute approximate surface area is 80.7 Å². The second-order valence-electron chi connectivity index (χ2n) is 3.36. The first kappa shape index (κ1) is 8.80. The normalized spacial score (nSPS) is 11.1. The average Bonchev–Trinajstić information content (AvgIpc) is 2.60. The maximum absolute atomic E-state index is 11.7. The molecule has 0 aliphatic carbocycles. The molecule has 2 aromatic heterocycles. The summed E-state index contributed by atoms with van der Waals surface area (Å²) < 4.78 is 1.30. The van der Waals surface area contributed by atoms with Crippen molar-refractivity contribution >= 4 is 16.9 Å². The highest BCUT2D eigenvalue weighted by molar-refractivity contribution is 5.89. The summed E-state index contributed by atoms with van der Waals surface area (Å²) in [6, 6.07) is 1.73. The zero-order valence-corrected chi connectivity index (χ0v) is 8.01. The average molecular weight is 190 g/mol. The van der Waals surface area contributed by atoms with Crippen molar-refractivity contribution in [1.82, 2.24) is 20.0 Å². The number of fused-ring (bicyclic) bond motifs is 1. The van der Waals surface area contributed by atoms with Gasteiger partial charge >= 0.3 is 0 Å². The maximum atomic E-state index is 11.7. The number of hydrogen-bond acceptors (Lipinski definition) is 4. The van der Waals surface area contributed by atoms with Gasteiger partial charge in [-0.1, -0.05) is 19.1 Å². The second kappa shape index (κ2) is 3.17. The van der Waals surface area contributed by atoms with E-state index in [0.717, 1.165) is 0 Å². The molecule has 0 saturated heterocycles. The minimum absolute atomic E-state index is 0.0690. The van der Waals surface area contributed by atoms with E-state index in [1.165, 1.54) is 4.68 Å². The largest absolute Gasteiger partial charge is 0.272 e. The van der Waals surface area contributed by atoms with E-state index in [-0.39, 0.29) is 11.8 Å². The van der Waals surface area contributed by atoms with Crippen molar-refractivity contribution in [3.63, 3.8) is 0 Å². The van der Waals surface area contributed by atoms with Gasteiger partial charge in [0.25, 0.3) is 5.91 Å². The van der Waals surface area contributed by atoms with Crippen LogP contribution in [0.25, 0.3) is 11.0 Å². The number of rotatable bonds is 1. The Morgan fingerprint density at radius 1 is 1.50 bits per heavy atom. The van der Waals surface area contributed by atoms with Crippen molar-refractivity contribution in [2.45, 2.75) is 13.8 Å². The van der Waals surface area contributed by atoms with E-state index in [9.17, 15) is 4.79 Å². The summed E-state index contributed by atoms with van der Waals surface area (Å²) in [5.41, 5.74) is 1.35. The smallest absolute Gasteiger partial charge is 0.251 e. The van der Waals surface area contributed by atoms with Gasteiger partial charge in [-0.05, 0) is 6.07 Å². The molecule has 14 heavy (non-hydrogen) atoms. The molecule has 2 rings (SSSR count). The van der Waals surface area contributed by atoms with Gasteiger partial charge in [0.05, 0.1) is 6.20 Å². The monoisotopic (exact) mass is 190 g/mol. The van der Waals surface area contributed by atoms with Crippen molar-refractivity contribution in [1.29, 1.82) is 0 Å².